The van der Waals surface area contributed by atoms with Crippen molar-refractivity contribution >= 4 is 29.9 Å². The number of rotatable bonds is 6. The Morgan fingerprint density at radius 2 is 2.08 bits per heavy atom. The maximum absolute atomic E-state index is 4.38. The van der Waals surface area contributed by atoms with E-state index in [4.69, 9.17) is 0 Å². The maximum atomic E-state index is 4.38. The molecule has 132 valence electrons. The summed E-state index contributed by atoms with van der Waals surface area (Å²) in [5.41, 5.74) is 3.91. The number of benzene rings is 1. The Hall–Kier alpha value is -1.57. The normalized spacial score (nSPS) is 11.1. The highest BCUT2D eigenvalue weighted by Gasteiger charge is 2.07. The lowest BCUT2D eigenvalue weighted by molar-refractivity contribution is 0.474. The molecule has 0 atom stereocenters. The third-order valence-corrected chi connectivity index (χ3v) is 3.93. The summed E-state index contributed by atoms with van der Waals surface area (Å²) in [5.74, 6) is 0.930. The van der Waals surface area contributed by atoms with Crippen LogP contribution in [0, 0.1) is 6.92 Å². The third-order valence-electron chi connectivity index (χ3n) is 3.93. The van der Waals surface area contributed by atoms with E-state index >= 15 is 0 Å². The fourth-order valence-electron chi connectivity index (χ4n) is 2.60. The zero-order valence-electron chi connectivity index (χ0n) is 15.0. The lowest BCUT2D eigenvalue weighted by Gasteiger charge is -2.23. The molecule has 1 N–H and O–H groups in total. The summed E-state index contributed by atoms with van der Waals surface area (Å²) in [7, 11) is 5.85. The average molecular weight is 441 g/mol. The fourth-order valence-corrected chi connectivity index (χ4v) is 2.60. The molecule has 24 heavy (non-hydrogen) atoms. The van der Waals surface area contributed by atoms with Crippen LogP contribution in [0.5, 0.6) is 0 Å². The molecular weight excluding hydrogens is 413 g/mol. The van der Waals surface area contributed by atoms with Crippen molar-refractivity contribution in [3.05, 3.63) is 53.3 Å². The molecule has 0 spiro atoms. The van der Waals surface area contributed by atoms with Gasteiger partial charge in [0.15, 0.2) is 5.96 Å². The minimum atomic E-state index is 0. The van der Waals surface area contributed by atoms with Crippen LogP contribution in [0.25, 0.3) is 0 Å². The Morgan fingerprint density at radius 3 is 2.71 bits per heavy atom. The van der Waals surface area contributed by atoms with Crippen molar-refractivity contribution in [3.63, 3.8) is 0 Å². The topological polar surface area (TPSA) is 45.5 Å². The van der Waals surface area contributed by atoms with E-state index in [-0.39, 0.29) is 24.0 Å². The van der Waals surface area contributed by atoms with Crippen LogP contribution in [0.15, 0.2) is 41.7 Å². The van der Waals surface area contributed by atoms with Gasteiger partial charge in [-0.25, -0.2) is 0 Å². The van der Waals surface area contributed by atoms with Crippen LogP contribution in [0.2, 0.25) is 0 Å². The molecular formula is C18H28IN5. The number of aryl methyl sites for hydroxylation is 3. The molecule has 0 radical (unpaired) electrons. The highest BCUT2D eigenvalue weighted by Crippen LogP contribution is 2.09. The molecule has 6 heteroatoms. The Labute approximate surface area is 162 Å². The van der Waals surface area contributed by atoms with Crippen LogP contribution >= 0.6 is 24.0 Å². The molecule has 0 saturated heterocycles. The predicted molar refractivity (Wildman–Crippen MR) is 111 cm³/mol. The largest absolute Gasteiger partial charge is 0.356 e. The van der Waals surface area contributed by atoms with Crippen LogP contribution in [0.3, 0.4) is 0 Å². The zero-order valence-corrected chi connectivity index (χ0v) is 17.3. The second-order valence-electron chi connectivity index (χ2n) is 5.88. The van der Waals surface area contributed by atoms with Crippen molar-refractivity contribution in [2.75, 3.05) is 20.6 Å². The molecule has 1 heterocycles. The van der Waals surface area contributed by atoms with E-state index in [1.165, 1.54) is 16.7 Å². The first-order valence-electron chi connectivity index (χ1n) is 8.04. The summed E-state index contributed by atoms with van der Waals surface area (Å²) in [4.78, 5) is 6.54. The molecule has 1 aromatic carbocycles. The lowest BCUT2D eigenvalue weighted by atomic mass is 10.1. The summed E-state index contributed by atoms with van der Waals surface area (Å²) < 4.78 is 1.84. The first-order valence-corrected chi connectivity index (χ1v) is 8.04. The quantitative estimate of drug-likeness (QED) is 0.325. The second-order valence-corrected chi connectivity index (χ2v) is 5.88. The molecule has 0 aliphatic heterocycles. The predicted octanol–water partition coefficient (Wildman–Crippen LogP) is 2.99. The van der Waals surface area contributed by atoms with Crippen LogP contribution in [-0.2, 0) is 20.0 Å². The highest BCUT2D eigenvalue weighted by molar-refractivity contribution is 14.0. The van der Waals surface area contributed by atoms with Gasteiger partial charge in [-0.3, -0.25) is 9.67 Å². The average Bonchev–Trinajstić information content (AvgIpc) is 2.95. The Kier molecular flexibility index (Phi) is 8.81. The number of aliphatic imine (C=N–C) groups is 1. The van der Waals surface area contributed by atoms with Gasteiger partial charge in [-0.05, 0) is 36.5 Å². The maximum Gasteiger partial charge on any atom is 0.193 e. The standard InChI is InChI=1S/C18H27N5.HI/c1-15-8-5-6-10-17(15)14-22(3)18(19-2)20-11-7-9-16-12-21-23(4)13-16;/h5-6,8,10,12-13H,7,9,11,14H2,1-4H3,(H,19,20);1H. The van der Waals surface area contributed by atoms with Crippen molar-refractivity contribution in [2.24, 2.45) is 12.0 Å². The minimum Gasteiger partial charge on any atom is -0.356 e. The molecule has 2 aromatic rings. The van der Waals surface area contributed by atoms with Gasteiger partial charge in [0.05, 0.1) is 6.20 Å². The van der Waals surface area contributed by atoms with E-state index in [0.717, 1.165) is 31.9 Å². The highest BCUT2D eigenvalue weighted by atomic mass is 127. The van der Waals surface area contributed by atoms with Gasteiger partial charge in [0.25, 0.3) is 0 Å². The van der Waals surface area contributed by atoms with Crippen LogP contribution in [-0.4, -0.2) is 41.3 Å². The van der Waals surface area contributed by atoms with E-state index in [9.17, 15) is 0 Å². The number of hydrogen-bond acceptors (Lipinski definition) is 2. The number of nitrogens with zero attached hydrogens (tertiary/aromatic N) is 4. The summed E-state index contributed by atoms with van der Waals surface area (Å²) in [5, 5.41) is 7.63. The summed E-state index contributed by atoms with van der Waals surface area (Å²) >= 11 is 0. The Morgan fingerprint density at radius 1 is 1.33 bits per heavy atom. The summed E-state index contributed by atoms with van der Waals surface area (Å²) in [6, 6.07) is 8.47. The van der Waals surface area contributed by atoms with Crippen LogP contribution < -0.4 is 5.32 Å². The number of aromatic nitrogens is 2. The van der Waals surface area contributed by atoms with E-state index in [1.54, 1.807) is 0 Å². The smallest absolute Gasteiger partial charge is 0.193 e. The van der Waals surface area contributed by atoms with Gasteiger partial charge in [-0.2, -0.15) is 5.10 Å². The SMILES string of the molecule is CN=C(NCCCc1cnn(C)c1)N(C)Cc1ccccc1C.I. The van der Waals surface area contributed by atoms with Crippen LogP contribution in [0.1, 0.15) is 23.1 Å². The molecule has 0 aliphatic rings. The minimum absolute atomic E-state index is 0. The van der Waals surface area contributed by atoms with Gasteiger partial charge in [0, 0.05) is 40.4 Å². The molecule has 0 unspecified atom stereocenters. The van der Waals surface area contributed by atoms with Crippen molar-refractivity contribution < 1.29 is 0 Å². The lowest BCUT2D eigenvalue weighted by Crippen LogP contribution is -2.39. The summed E-state index contributed by atoms with van der Waals surface area (Å²) in [6.07, 6.45) is 6.08. The van der Waals surface area contributed by atoms with E-state index in [2.05, 4.69) is 64.7 Å². The monoisotopic (exact) mass is 441 g/mol. The zero-order chi connectivity index (χ0) is 16.7. The third kappa shape index (κ3) is 6.14. The van der Waals surface area contributed by atoms with E-state index in [1.807, 2.05) is 25.0 Å². The molecule has 0 aliphatic carbocycles. The first kappa shape index (κ1) is 20.5. The van der Waals surface area contributed by atoms with Gasteiger partial charge >= 0.3 is 0 Å². The molecule has 5 nitrogen and oxygen atoms in total. The molecule has 2 rings (SSSR count). The van der Waals surface area contributed by atoms with Gasteiger partial charge in [-0.15, -0.1) is 24.0 Å². The van der Waals surface area contributed by atoms with Crippen molar-refractivity contribution in [3.8, 4) is 0 Å². The van der Waals surface area contributed by atoms with Gasteiger partial charge in [0.1, 0.15) is 0 Å². The van der Waals surface area contributed by atoms with Gasteiger partial charge < -0.3 is 10.2 Å². The number of halogens is 1. The molecule has 0 fully saturated rings. The number of guanidine groups is 1. The van der Waals surface area contributed by atoms with Crippen LogP contribution in [0.4, 0.5) is 0 Å². The second kappa shape index (κ2) is 10.3. The Bertz CT molecular complexity index is 650. The Balaban J connectivity index is 0.00000288. The van der Waals surface area contributed by atoms with Crippen molar-refractivity contribution in [2.45, 2.75) is 26.3 Å². The number of nitrogens with one attached hydrogen (secondary N) is 1. The van der Waals surface area contributed by atoms with Gasteiger partial charge in [-0.1, -0.05) is 24.3 Å². The van der Waals surface area contributed by atoms with E-state index in [0.29, 0.717) is 0 Å². The fraction of sp³-hybridized carbons (Fsp3) is 0.444. The first-order chi connectivity index (χ1) is 11.1. The summed E-state index contributed by atoms with van der Waals surface area (Å²) in [6.45, 7) is 3.90. The molecule has 0 bridgehead atoms. The van der Waals surface area contributed by atoms with Gasteiger partial charge in [0.2, 0.25) is 0 Å². The molecule has 1 aromatic heterocycles. The van der Waals surface area contributed by atoms with Crippen molar-refractivity contribution in [1.29, 1.82) is 0 Å². The molecule has 0 saturated carbocycles. The number of hydrogen-bond donors (Lipinski definition) is 1. The van der Waals surface area contributed by atoms with E-state index < -0.39 is 0 Å². The van der Waals surface area contributed by atoms with Crippen molar-refractivity contribution in [1.82, 2.24) is 20.0 Å². The molecule has 0 amide bonds.